The molecule has 1 aromatic heterocycles. The van der Waals surface area contributed by atoms with Crippen molar-refractivity contribution < 1.29 is 4.79 Å². The number of benzene rings is 1. The summed E-state index contributed by atoms with van der Waals surface area (Å²) in [6, 6.07) is 9.64. The van der Waals surface area contributed by atoms with Gasteiger partial charge in [-0.3, -0.25) is 9.59 Å². The predicted octanol–water partition coefficient (Wildman–Crippen LogP) is 3.20. The van der Waals surface area contributed by atoms with Crippen LogP contribution in [0.25, 0.3) is 5.69 Å². The summed E-state index contributed by atoms with van der Waals surface area (Å²) in [7, 11) is 1.69. The van der Waals surface area contributed by atoms with Crippen molar-refractivity contribution in [1.82, 2.24) is 15.1 Å². The van der Waals surface area contributed by atoms with E-state index in [1.807, 2.05) is 12.1 Å². The summed E-state index contributed by atoms with van der Waals surface area (Å²) in [5.74, 6) is 0.237. The van der Waals surface area contributed by atoms with E-state index in [1.54, 1.807) is 17.9 Å². The van der Waals surface area contributed by atoms with E-state index >= 15 is 0 Å². The first-order chi connectivity index (χ1) is 12.2. The number of ketones is 1. The summed E-state index contributed by atoms with van der Waals surface area (Å²) < 4.78 is 1.58. The van der Waals surface area contributed by atoms with Crippen molar-refractivity contribution in [2.24, 2.45) is 0 Å². The molecule has 1 saturated carbocycles. The number of aromatic nitrogens is 2. The second-order valence-corrected chi connectivity index (χ2v) is 6.39. The molecule has 5 heteroatoms. The van der Waals surface area contributed by atoms with Gasteiger partial charge in [-0.1, -0.05) is 31.4 Å². The molecule has 0 amide bonds. The van der Waals surface area contributed by atoms with Crippen LogP contribution < -0.4 is 10.7 Å². The van der Waals surface area contributed by atoms with Crippen LogP contribution in [0.5, 0.6) is 0 Å². The van der Waals surface area contributed by atoms with Crippen molar-refractivity contribution in [1.29, 1.82) is 0 Å². The van der Waals surface area contributed by atoms with Gasteiger partial charge in [0.2, 0.25) is 11.2 Å². The van der Waals surface area contributed by atoms with E-state index in [0.717, 1.165) is 5.69 Å². The molecule has 3 rings (SSSR count). The number of allylic oxidation sites excluding steroid dienone is 1. The third kappa shape index (κ3) is 4.05. The summed E-state index contributed by atoms with van der Waals surface area (Å²) in [5.41, 5.74) is 1.75. The molecule has 25 heavy (non-hydrogen) atoms. The molecule has 2 aromatic rings. The van der Waals surface area contributed by atoms with Crippen LogP contribution in [0.1, 0.15) is 54.1 Å². The number of carbonyl (C=O) groups is 1. The van der Waals surface area contributed by atoms with E-state index in [4.69, 9.17) is 0 Å². The summed E-state index contributed by atoms with van der Waals surface area (Å²) in [4.78, 5) is 24.0. The number of hydrogen-bond acceptors (Lipinski definition) is 4. The van der Waals surface area contributed by atoms with E-state index in [0.29, 0.717) is 5.92 Å². The highest BCUT2D eigenvalue weighted by Crippen LogP contribution is 2.32. The molecule has 1 aliphatic carbocycles. The molecule has 0 aliphatic heterocycles. The quantitative estimate of drug-likeness (QED) is 0.672. The maximum absolute atomic E-state index is 12.1. The zero-order chi connectivity index (χ0) is 17.6. The molecule has 1 heterocycles. The Labute approximate surface area is 147 Å². The average molecular weight is 337 g/mol. The summed E-state index contributed by atoms with van der Waals surface area (Å²) in [6.45, 7) is 0. The van der Waals surface area contributed by atoms with Gasteiger partial charge in [0.15, 0.2) is 5.69 Å². The molecule has 0 spiro atoms. The fourth-order valence-corrected chi connectivity index (χ4v) is 3.30. The molecular weight excluding hydrogens is 314 g/mol. The molecule has 1 fully saturated rings. The first-order valence-corrected chi connectivity index (χ1v) is 8.77. The lowest BCUT2D eigenvalue weighted by molar-refractivity contribution is 0.103. The zero-order valence-corrected chi connectivity index (χ0v) is 14.4. The highest BCUT2D eigenvalue weighted by Gasteiger charge is 2.15. The zero-order valence-electron chi connectivity index (χ0n) is 14.4. The van der Waals surface area contributed by atoms with Gasteiger partial charge in [-0.15, -0.1) is 0 Å². The van der Waals surface area contributed by atoms with Gasteiger partial charge in [-0.25, -0.2) is 4.68 Å². The van der Waals surface area contributed by atoms with Crippen LogP contribution in [0, 0.1) is 0 Å². The Kier molecular flexibility index (Phi) is 5.43. The fourth-order valence-electron chi connectivity index (χ4n) is 3.30. The lowest BCUT2D eigenvalue weighted by Gasteiger charge is -2.22. The Morgan fingerprint density at radius 1 is 1.16 bits per heavy atom. The molecule has 130 valence electrons. The van der Waals surface area contributed by atoms with Gasteiger partial charge in [0, 0.05) is 31.6 Å². The number of hydrogen-bond donors (Lipinski definition) is 1. The highest BCUT2D eigenvalue weighted by molar-refractivity contribution is 6.02. The van der Waals surface area contributed by atoms with E-state index in [1.165, 1.54) is 56.0 Å². The van der Waals surface area contributed by atoms with Gasteiger partial charge in [0.05, 0.1) is 5.69 Å². The van der Waals surface area contributed by atoms with Crippen molar-refractivity contribution in [3.05, 3.63) is 70.3 Å². The van der Waals surface area contributed by atoms with Crippen molar-refractivity contribution in [3.8, 4) is 5.69 Å². The van der Waals surface area contributed by atoms with E-state index in [9.17, 15) is 9.59 Å². The van der Waals surface area contributed by atoms with Crippen LogP contribution in [0.2, 0.25) is 0 Å². The minimum Gasteiger partial charge on any atom is -0.394 e. The normalized spacial score (nSPS) is 15.4. The second-order valence-electron chi connectivity index (χ2n) is 6.39. The first-order valence-electron chi connectivity index (χ1n) is 8.77. The molecule has 0 unspecified atom stereocenters. The fraction of sp³-hybridized carbons (Fsp3) is 0.350. The van der Waals surface area contributed by atoms with E-state index < -0.39 is 5.78 Å². The van der Waals surface area contributed by atoms with Gasteiger partial charge in [0.1, 0.15) is 0 Å². The number of carbonyl (C=O) groups excluding carboxylic acids is 1. The van der Waals surface area contributed by atoms with Crippen molar-refractivity contribution >= 4 is 5.78 Å². The third-order valence-corrected chi connectivity index (χ3v) is 4.68. The van der Waals surface area contributed by atoms with Crippen LogP contribution >= 0.6 is 0 Å². The topological polar surface area (TPSA) is 64.0 Å². The summed E-state index contributed by atoms with van der Waals surface area (Å²) >= 11 is 0. The third-order valence-electron chi connectivity index (χ3n) is 4.68. The number of nitrogens with zero attached hydrogens (tertiary/aromatic N) is 2. The van der Waals surface area contributed by atoms with Crippen molar-refractivity contribution in [2.45, 2.75) is 38.0 Å². The van der Waals surface area contributed by atoms with E-state index in [-0.39, 0.29) is 11.1 Å². The van der Waals surface area contributed by atoms with Gasteiger partial charge in [-0.05, 0) is 36.5 Å². The lowest BCUT2D eigenvalue weighted by Crippen LogP contribution is -2.20. The molecule has 0 saturated heterocycles. The smallest absolute Gasteiger partial charge is 0.211 e. The Hall–Kier alpha value is -2.69. The maximum Gasteiger partial charge on any atom is 0.211 e. The van der Waals surface area contributed by atoms with Crippen molar-refractivity contribution in [2.75, 3.05) is 7.05 Å². The Balaban J connectivity index is 1.85. The van der Waals surface area contributed by atoms with Gasteiger partial charge < -0.3 is 5.32 Å². The van der Waals surface area contributed by atoms with Crippen LogP contribution in [0.15, 0.2) is 53.6 Å². The molecule has 1 aliphatic rings. The summed E-state index contributed by atoms with van der Waals surface area (Å²) in [5, 5.41) is 6.95. The Morgan fingerprint density at radius 3 is 2.56 bits per heavy atom. The first kappa shape index (κ1) is 17.1. The SMILES string of the molecule is CN/C=C/C(=O)c1nn(-c2ccc(C3CCCCC3)cc2)ccc1=O. The van der Waals surface area contributed by atoms with Gasteiger partial charge in [0.25, 0.3) is 0 Å². The number of rotatable bonds is 5. The number of nitrogens with one attached hydrogen (secondary N) is 1. The summed E-state index contributed by atoms with van der Waals surface area (Å²) in [6.07, 6.45) is 10.8. The highest BCUT2D eigenvalue weighted by atomic mass is 16.1. The second kappa shape index (κ2) is 7.92. The molecule has 1 aromatic carbocycles. The minimum absolute atomic E-state index is 0.0784. The maximum atomic E-state index is 12.1. The molecular formula is C20H23N3O2. The molecule has 0 bridgehead atoms. The Bertz CT molecular complexity index is 816. The van der Waals surface area contributed by atoms with Crippen LogP contribution in [0.4, 0.5) is 0 Å². The van der Waals surface area contributed by atoms with Crippen LogP contribution in [-0.4, -0.2) is 22.6 Å². The van der Waals surface area contributed by atoms with Gasteiger partial charge >= 0.3 is 0 Å². The standard InChI is InChI=1S/C20H23N3O2/c1-21-13-11-18(24)20-19(25)12-14-23(22-20)17-9-7-16(8-10-17)15-5-3-2-4-6-15/h7-15,21H,2-6H2,1H3/b13-11+. The Morgan fingerprint density at radius 2 is 1.88 bits per heavy atom. The molecule has 0 radical (unpaired) electrons. The average Bonchev–Trinajstić information content (AvgIpc) is 2.67. The largest absolute Gasteiger partial charge is 0.394 e. The van der Waals surface area contributed by atoms with Gasteiger partial charge in [-0.2, -0.15) is 5.10 Å². The van der Waals surface area contributed by atoms with Crippen LogP contribution in [0.3, 0.4) is 0 Å². The monoisotopic (exact) mass is 337 g/mol. The minimum atomic E-state index is -0.410. The predicted molar refractivity (Wildman–Crippen MR) is 98.2 cm³/mol. The molecule has 0 atom stereocenters. The van der Waals surface area contributed by atoms with Crippen molar-refractivity contribution in [3.63, 3.8) is 0 Å². The lowest BCUT2D eigenvalue weighted by atomic mass is 9.84. The molecule has 5 nitrogen and oxygen atoms in total. The molecule has 1 N–H and O–H groups in total. The van der Waals surface area contributed by atoms with E-state index in [2.05, 4.69) is 22.5 Å². The van der Waals surface area contributed by atoms with Crippen LogP contribution in [-0.2, 0) is 0 Å².